The first kappa shape index (κ1) is 28.2. The maximum absolute atomic E-state index is 13.5. The van der Waals surface area contributed by atoms with E-state index in [4.69, 9.17) is 4.74 Å². The van der Waals surface area contributed by atoms with Crippen LogP contribution >= 0.6 is 0 Å². The Balaban J connectivity index is 1.42. The van der Waals surface area contributed by atoms with Crippen molar-refractivity contribution >= 4 is 27.1 Å². The number of benzene rings is 1. The van der Waals surface area contributed by atoms with Crippen LogP contribution in [0.1, 0.15) is 42.9 Å². The molecule has 0 saturated carbocycles. The van der Waals surface area contributed by atoms with Crippen molar-refractivity contribution in [1.82, 2.24) is 29.6 Å². The third kappa shape index (κ3) is 7.18. The average Bonchev–Trinajstić information content (AvgIpc) is 3.31. The number of aromatic amines is 1. The molecule has 0 saturated heterocycles. The number of aryl methyl sites for hydroxylation is 1. The van der Waals surface area contributed by atoms with Crippen LogP contribution in [0, 0.1) is 12.8 Å². The van der Waals surface area contributed by atoms with Crippen molar-refractivity contribution in [1.29, 1.82) is 0 Å². The van der Waals surface area contributed by atoms with Gasteiger partial charge in [-0.25, -0.2) is 18.2 Å². The predicted octanol–water partition coefficient (Wildman–Crippen LogP) is 4.21. The van der Waals surface area contributed by atoms with Gasteiger partial charge in [0.25, 0.3) is 0 Å². The van der Waals surface area contributed by atoms with Crippen LogP contribution in [0.4, 0.5) is 4.79 Å². The molecular weight excluding hydrogens is 516 g/mol. The molecule has 0 aliphatic heterocycles. The van der Waals surface area contributed by atoms with Gasteiger partial charge in [0.2, 0.25) is 10.0 Å². The third-order valence-corrected chi connectivity index (χ3v) is 8.34. The number of pyridine rings is 2. The van der Waals surface area contributed by atoms with Crippen LogP contribution < -0.4 is 5.32 Å². The number of ether oxygens (including phenoxy) is 1. The van der Waals surface area contributed by atoms with Crippen molar-refractivity contribution in [3.05, 3.63) is 83.7 Å². The highest BCUT2D eigenvalue weighted by atomic mass is 32.2. The molecule has 2 N–H and O–H groups in total. The van der Waals surface area contributed by atoms with Gasteiger partial charge in [0.1, 0.15) is 17.9 Å². The van der Waals surface area contributed by atoms with Gasteiger partial charge < -0.3 is 15.0 Å². The number of fused-ring (bicyclic) bond motifs is 1. The van der Waals surface area contributed by atoms with Crippen LogP contribution in [-0.4, -0.2) is 58.4 Å². The normalized spacial score (nSPS) is 12.7. The molecule has 39 heavy (non-hydrogen) atoms. The van der Waals surface area contributed by atoms with E-state index in [2.05, 4.69) is 25.3 Å². The van der Waals surface area contributed by atoms with E-state index in [1.165, 1.54) is 11.4 Å². The Bertz CT molecular complexity index is 1500. The van der Waals surface area contributed by atoms with Crippen LogP contribution in [0.3, 0.4) is 0 Å². The number of rotatable bonds is 11. The molecule has 0 fully saturated rings. The first-order valence-corrected chi connectivity index (χ1v) is 14.2. The molecule has 0 aliphatic carbocycles. The standard InChI is InChI=1S/C28H34N6O4S/c1-19(2)15-23(18-38-28(35)31-17-22-9-12-29-13-10-22)34(4)39(36,37)24-7-5-21(6-8-24)16-26-27-25(11-14-30-26)32-20(3)33-27/h5-14,19,23H,15-18H2,1-4H3,(H,31,35)(H,32,33)/t23-/m0/s1. The number of amides is 1. The van der Waals surface area contributed by atoms with Crippen molar-refractivity contribution < 1.29 is 17.9 Å². The first-order valence-electron chi connectivity index (χ1n) is 12.8. The number of carbonyl (C=O) groups is 1. The maximum atomic E-state index is 13.5. The molecule has 0 radical (unpaired) electrons. The van der Waals surface area contributed by atoms with Crippen LogP contribution in [0.2, 0.25) is 0 Å². The molecule has 4 rings (SSSR count). The predicted molar refractivity (Wildman–Crippen MR) is 148 cm³/mol. The van der Waals surface area contributed by atoms with E-state index in [9.17, 15) is 13.2 Å². The molecule has 0 spiro atoms. The third-order valence-electron chi connectivity index (χ3n) is 6.42. The van der Waals surface area contributed by atoms with Crippen LogP contribution in [0.5, 0.6) is 0 Å². The van der Waals surface area contributed by atoms with Gasteiger partial charge >= 0.3 is 6.09 Å². The second-order valence-corrected chi connectivity index (χ2v) is 11.9. The van der Waals surface area contributed by atoms with E-state index in [-0.39, 0.29) is 17.4 Å². The van der Waals surface area contributed by atoms with Gasteiger partial charge in [0, 0.05) is 38.6 Å². The Labute approximate surface area is 228 Å². The quantitative estimate of drug-likeness (QED) is 0.286. The minimum absolute atomic E-state index is 0.0626. The van der Waals surface area contributed by atoms with E-state index >= 15 is 0 Å². The van der Waals surface area contributed by atoms with Gasteiger partial charge in [-0.3, -0.25) is 9.97 Å². The summed E-state index contributed by atoms with van der Waals surface area (Å²) in [5, 5.41) is 2.69. The van der Waals surface area contributed by atoms with Crippen molar-refractivity contribution in [2.24, 2.45) is 5.92 Å². The maximum Gasteiger partial charge on any atom is 0.407 e. The summed E-state index contributed by atoms with van der Waals surface area (Å²) in [6.07, 6.45) is 5.47. The topological polar surface area (TPSA) is 130 Å². The fourth-order valence-corrected chi connectivity index (χ4v) is 5.69. The first-order chi connectivity index (χ1) is 18.6. The Morgan fingerprint density at radius 3 is 2.46 bits per heavy atom. The summed E-state index contributed by atoms with van der Waals surface area (Å²) in [6, 6.07) is 11.7. The highest BCUT2D eigenvalue weighted by Crippen LogP contribution is 2.23. The summed E-state index contributed by atoms with van der Waals surface area (Å²) in [4.78, 5) is 28.6. The molecule has 1 amide bonds. The molecule has 3 aromatic heterocycles. The lowest BCUT2D eigenvalue weighted by Gasteiger charge is -2.28. The highest BCUT2D eigenvalue weighted by molar-refractivity contribution is 7.89. The number of nitrogens with one attached hydrogen (secondary N) is 2. The van der Waals surface area contributed by atoms with Crippen LogP contribution in [0.15, 0.2) is 66.0 Å². The van der Waals surface area contributed by atoms with E-state index < -0.39 is 22.2 Å². The minimum Gasteiger partial charge on any atom is -0.448 e. The fraction of sp³-hybridized carbons (Fsp3) is 0.357. The molecule has 4 aromatic rings. The summed E-state index contributed by atoms with van der Waals surface area (Å²) in [6.45, 7) is 6.13. The largest absolute Gasteiger partial charge is 0.448 e. The second-order valence-electron chi connectivity index (χ2n) is 9.91. The number of imidazole rings is 1. The zero-order valence-corrected chi connectivity index (χ0v) is 23.4. The number of carbonyl (C=O) groups excluding carboxylic acids is 1. The van der Waals surface area contributed by atoms with Gasteiger partial charge in [0.05, 0.1) is 22.1 Å². The molecule has 3 heterocycles. The molecule has 10 nitrogen and oxygen atoms in total. The number of hydrogen-bond acceptors (Lipinski definition) is 7. The monoisotopic (exact) mass is 550 g/mol. The zero-order valence-electron chi connectivity index (χ0n) is 22.6. The van der Waals surface area contributed by atoms with E-state index in [1.54, 1.807) is 55.0 Å². The van der Waals surface area contributed by atoms with Gasteiger partial charge in [-0.15, -0.1) is 0 Å². The summed E-state index contributed by atoms with van der Waals surface area (Å²) < 4.78 is 33.7. The lowest BCUT2D eigenvalue weighted by Crippen LogP contribution is -2.42. The molecule has 206 valence electrons. The molecule has 1 aromatic carbocycles. The van der Waals surface area contributed by atoms with E-state index in [1.807, 2.05) is 26.8 Å². The Morgan fingerprint density at radius 2 is 1.77 bits per heavy atom. The smallest absolute Gasteiger partial charge is 0.407 e. The van der Waals surface area contributed by atoms with Crippen LogP contribution in [-0.2, 0) is 27.7 Å². The Morgan fingerprint density at radius 1 is 1.05 bits per heavy atom. The lowest BCUT2D eigenvalue weighted by molar-refractivity contribution is 0.115. The number of sulfonamides is 1. The summed E-state index contributed by atoms with van der Waals surface area (Å²) in [7, 11) is -2.30. The molecule has 0 bridgehead atoms. The number of hydrogen-bond donors (Lipinski definition) is 2. The van der Waals surface area contributed by atoms with Crippen molar-refractivity contribution in [2.75, 3.05) is 13.7 Å². The second kappa shape index (κ2) is 12.4. The fourth-order valence-electron chi connectivity index (χ4n) is 4.34. The van der Waals surface area contributed by atoms with Gasteiger partial charge in [0.15, 0.2) is 0 Å². The summed E-state index contributed by atoms with van der Waals surface area (Å²) in [5.41, 5.74) is 4.36. The molecule has 1 atom stereocenters. The molecule has 0 unspecified atom stereocenters. The van der Waals surface area contributed by atoms with Crippen molar-refractivity contribution in [3.63, 3.8) is 0 Å². The SMILES string of the molecule is Cc1nc2c(Cc3ccc(S(=O)(=O)N(C)[C@H](COC(=O)NCc4ccncc4)CC(C)C)cc3)nccc2[nH]1. The number of nitrogens with zero attached hydrogens (tertiary/aromatic N) is 4. The lowest BCUT2D eigenvalue weighted by atomic mass is 10.0. The van der Waals surface area contributed by atoms with Gasteiger partial charge in [-0.2, -0.15) is 4.31 Å². The molecule has 0 aliphatic rings. The van der Waals surface area contributed by atoms with Crippen molar-refractivity contribution in [2.45, 2.75) is 51.1 Å². The number of aromatic nitrogens is 4. The summed E-state index contributed by atoms with van der Waals surface area (Å²) in [5.74, 6) is 1.01. The van der Waals surface area contributed by atoms with Gasteiger partial charge in [-0.1, -0.05) is 26.0 Å². The molecule has 11 heteroatoms. The Hall–Kier alpha value is -3.83. The van der Waals surface area contributed by atoms with E-state index in [0.717, 1.165) is 33.7 Å². The summed E-state index contributed by atoms with van der Waals surface area (Å²) >= 11 is 0. The number of likely N-dealkylation sites (N-methyl/N-ethyl adjacent to an activating group) is 1. The minimum atomic E-state index is -3.83. The number of alkyl carbamates (subject to hydrolysis) is 1. The zero-order chi connectivity index (χ0) is 28.0. The van der Waals surface area contributed by atoms with Gasteiger partial charge in [-0.05, 0) is 60.7 Å². The van der Waals surface area contributed by atoms with Crippen molar-refractivity contribution in [3.8, 4) is 0 Å². The average molecular weight is 551 g/mol. The highest BCUT2D eigenvalue weighted by Gasteiger charge is 2.29. The molecular formula is C28H34N6O4S. The number of H-pyrrole nitrogens is 1. The Kier molecular flexibility index (Phi) is 8.93. The van der Waals surface area contributed by atoms with E-state index in [0.29, 0.717) is 19.4 Å². The van der Waals surface area contributed by atoms with Crippen LogP contribution in [0.25, 0.3) is 11.0 Å².